The molecule has 0 aromatic carbocycles. The Balaban J connectivity index is 0. The van der Waals surface area contributed by atoms with Crippen LogP contribution in [-0.4, -0.2) is 6.87 Å². The van der Waals surface area contributed by atoms with Crippen LogP contribution in [0.15, 0.2) is 0 Å². The fourth-order valence-corrected chi connectivity index (χ4v) is 0. The lowest BCUT2D eigenvalue weighted by Gasteiger charge is -1.67. The Morgan fingerprint density at radius 3 is 1.33 bits per heavy atom. The summed E-state index contributed by atoms with van der Waals surface area (Å²) in [4.78, 5) is 0. The molecule has 0 aromatic heterocycles. The van der Waals surface area contributed by atoms with E-state index < -0.39 is 21.1 Å². The Kier molecular flexibility index (Phi) is 16.5. The highest BCUT2D eigenvalue weighted by molar-refractivity contribution is 14.1. The first-order chi connectivity index (χ1) is 2.73. The molecule has 0 aromatic rings. The molecule has 0 fully saturated rings. The lowest BCUT2D eigenvalue weighted by atomic mass is 16.0. The minimum Gasteiger partial charge on any atom is -0.396 e. The van der Waals surface area contributed by atoms with Gasteiger partial charge in [0.2, 0.25) is 0 Å². The molecule has 0 rings (SSSR count). The van der Waals surface area contributed by atoms with Gasteiger partial charge in [0, 0.05) is 0 Å². The summed E-state index contributed by atoms with van der Waals surface area (Å²) >= 11 is -2.61. The van der Waals surface area contributed by atoms with Gasteiger partial charge in [-0.05, 0) is 3.44 Å². The minimum atomic E-state index is -3.76. The summed E-state index contributed by atoms with van der Waals surface area (Å²) in [5.41, 5.74) is 0. The summed E-state index contributed by atoms with van der Waals surface area (Å²) in [5.74, 6) is 0. The molecule has 0 saturated heterocycles. The third-order valence-electron chi connectivity index (χ3n) is 0. The van der Waals surface area contributed by atoms with Crippen LogP contribution in [0.25, 0.3) is 0 Å². The van der Waals surface area contributed by atoms with Crippen LogP contribution in [0.5, 0.6) is 0 Å². The molecular formula is H2I2O4. The average Bonchev–Trinajstić information content (AvgIpc) is 1.41. The molecule has 0 bridgehead atoms. The van der Waals surface area contributed by atoms with Crippen molar-refractivity contribution in [2.45, 2.75) is 0 Å². The van der Waals surface area contributed by atoms with E-state index in [4.69, 9.17) is 13.7 Å². The van der Waals surface area contributed by atoms with Gasteiger partial charge in [0.05, 0.1) is 0 Å². The van der Waals surface area contributed by atoms with Crippen LogP contribution in [0.3, 0.4) is 0 Å². The van der Waals surface area contributed by atoms with Gasteiger partial charge in [0.15, 0.2) is 0 Å². The molecule has 0 atom stereocenters. The smallest absolute Gasteiger partial charge is 0.396 e. The molecule has 2 N–H and O–H groups in total. The van der Waals surface area contributed by atoms with Crippen molar-refractivity contribution in [1.82, 2.24) is 0 Å². The molecule has 0 aliphatic carbocycles. The largest absolute Gasteiger partial charge is 0.503 e. The molecule has 40 valence electrons. The van der Waals surface area contributed by atoms with Crippen LogP contribution in [0.1, 0.15) is 0 Å². The van der Waals surface area contributed by atoms with E-state index in [1.807, 2.05) is 0 Å². The number of halogens is 2. The monoisotopic (exact) mass is 320 g/mol. The summed E-state index contributed by atoms with van der Waals surface area (Å²) in [5, 5.41) is 0. The van der Waals surface area contributed by atoms with Crippen molar-refractivity contribution in [2.24, 2.45) is 0 Å². The zero-order valence-electron chi connectivity index (χ0n) is 2.47. The van der Waals surface area contributed by atoms with Crippen LogP contribution in [-0.2, 0) is 0 Å². The molecule has 4 nitrogen and oxygen atoms in total. The first kappa shape index (κ1) is 10.3. The van der Waals surface area contributed by atoms with E-state index in [9.17, 15) is 0 Å². The molecule has 0 amide bonds. The standard InChI is InChI=1S/HIO3.HIO/c2-1(3)4;1-2/h2H;2H. The average molecular weight is 320 g/mol. The Morgan fingerprint density at radius 2 is 1.33 bits per heavy atom. The second kappa shape index (κ2) is 9.57. The highest BCUT2D eigenvalue weighted by Gasteiger charge is 1.89. The van der Waals surface area contributed by atoms with Crippen molar-refractivity contribution in [3.05, 3.63) is 0 Å². The Bertz CT molecular complexity index is 10.3. The van der Waals surface area contributed by atoms with Gasteiger partial charge in [-0.3, -0.25) is 0 Å². The van der Waals surface area contributed by atoms with Gasteiger partial charge < -0.3 is 10.3 Å². The first-order valence-electron chi connectivity index (χ1n) is 0.647. The summed E-state index contributed by atoms with van der Waals surface area (Å²) < 4.78 is 31.4. The minimum absolute atomic E-state index is 1.15. The van der Waals surface area contributed by atoms with Crippen LogP contribution >= 0.6 is 23.0 Å². The van der Waals surface area contributed by atoms with E-state index in [1.165, 1.54) is 0 Å². The van der Waals surface area contributed by atoms with E-state index in [2.05, 4.69) is 0 Å². The molecule has 0 aliphatic heterocycles. The van der Waals surface area contributed by atoms with Gasteiger partial charge in [-0.2, -0.15) is 0 Å². The van der Waals surface area contributed by atoms with E-state index in [1.54, 1.807) is 0 Å². The Labute approximate surface area is 57.5 Å². The molecule has 0 radical (unpaired) electrons. The maximum Gasteiger partial charge on any atom is 0.503 e. The van der Waals surface area contributed by atoms with Crippen molar-refractivity contribution in [2.75, 3.05) is 0 Å². The van der Waals surface area contributed by atoms with E-state index >= 15 is 0 Å². The number of hydrogen-bond acceptors (Lipinski definition) is 4. The molecular weight excluding hydrogens is 318 g/mol. The summed E-state index contributed by atoms with van der Waals surface area (Å²) in [7, 11) is 0. The zero-order chi connectivity index (χ0) is 5.58. The van der Waals surface area contributed by atoms with Crippen LogP contribution in [0.4, 0.5) is 0 Å². The van der Waals surface area contributed by atoms with Crippen molar-refractivity contribution < 1.29 is 34.8 Å². The third kappa shape index (κ3) is 58.0. The Hall–Kier alpha value is 1.30. The number of hydrogen-bond donors (Lipinski definition) is 2. The van der Waals surface area contributed by atoms with Crippen LogP contribution in [0.2, 0.25) is 0 Å². The topological polar surface area (TPSA) is 86.6 Å². The molecule has 6 heteroatoms. The maximum atomic E-state index is 8.68. The zero-order valence-corrected chi connectivity index (χ0v) is 6.78. The molecule has 0 heterocycles. The molecule has 6 heavy (non-hydrogen) atoms. The van der Waals surface area contributed by atoms with E-state index in [-0.39, 0.29) is 0 Å². The van der Waals surface area contributed by atoms with Gasteiger partial charge in [0.1, 0.15) is 23.0 Å². The SMILES string of the molecule is OI.[O-][I+2]([O-])O. The predicted octanol–water partition coefficient (Wildman–Crippen LogP) is -5.60. The lowest BCUT2D eigenvalue weighted by molar-refractivity contribution is -1.63. The molecule has 0 saturated carbocycles. The van der Waals surface area contributed by atoms with Gasteiger partial charge in [0.25, 0.3) is 0 Å². The van der Waals surface area contributed by atoms with Crippen LogP contribution < -0.4 is 27.9 Å². The van der Waals surface area contributed by atoms with Gasteiger partial charge in [-0.15, -0.1) is 0 Å². The summed E-state index contributed by atoms with van der Waals surface area (Å²) in [6, 6.07) is 0. The summed E-state index contributed by atoms with van der Waals surface area (Å²) in [6.45, 7) is 0. The lowest BCUT2D eigenvalue weighted by Crippen LogP contribution is -3.98. The van der Waals surface area contributed by atoms with Gasteiger partial charge >= 0.3 is 21.1 Å². The Morgan fingerprint density at radius 1 is 1.33 bits per heavy atom. The molecule has 0 unspecified atom stereocenters. The highest BCUT2D eigenvalue weighted by Crippen LogP contribution is 1.46. The number of rotatable bonds is 0. The van der Waals surface area contributed by atoms with Crippen molar-refractivity contribution in [3.63, 3.8) is 0 Å². The summed E-state index contributed by atoms with van der Waals surface area (Å²) in [6.07, 6.45) is 0. The fraction of sp³-hybridized carbons (Fsp3) is 0. The van der Waals surface area contributed by atoms with Gasteiger partial charge in [-0.1, -0.05) is 0 Å². The van der Waals surface area contributed by atoms with Crippen molar-refractivity contribution in [3.8, 4) is 0 Å². The second-order valence-electron chi connectivity index (χ2n) is 0.201. The predicted molar refractivity (Wildman–Crippen MR) is 18.5 cm³/mol. The molecule has 0 aliphatic rings. The molecule has 0 spiro atoms. The van der Waals surface area contributed by atoms with Gasteiger partial charge in [-0.25, -0.2) is 0 Å². The second-order valence-corrected chi connectivity index (χ2v) is 1.35. The van der Waals surface area contributed by atoms with E-state index in [0.717, 1.165) is 23.0 Å². The maximum absolute atomic E-state index is 8.68. The fourth-order valence-electron chi connectivity index (χ4n) is 0. The normalized spacial score (nSPS) is 7.00. The third-order valence-corrected chi connectivity index (χ3v) is 0. The van der Waals surface area contributed by atoms with E-state index in [0.29, 0.717) is 0 Å². The van der Waals surface area contributed by atoms with Crippen molar-refractivity contribution >= 4 is 23.0 Å². The first-order valence-corrected chi connectivity index (χ1v) is 4.34. The van der Waals surface area contributed by atoms with Crippen LogP contribution in [0, 0.1) is 0 Å². The quantitative estimate of drug-likeness (QED) is 0.436. The van der Waals surface area contributed by atoms with Crippen molar-refractivity contribution in [1.29, 1.82) is 0 Å². The highest BCUT2D eigenvalue weighted by atomic mass is 127.